The summed E-state index contributed by atoms with van der Waals surface area (Å²) in [6.07, 6.45) is 1.73. The van der Waals surface area contributed by atoms with E-state index in [0.29, 0.717) is 0 Å². The lowest BCUT2D eigenvalue weighted by molar-refractivity contribution is 0.360. The highest BCUT2D eigenvalue weighted by Gasteiger charge is 2.20. The fourth-order valence-corrected chi connectivity index (χ4v) is 1.95. The van der Waals surface area contributed by atoms with E-state index < -0.39 is 0 Å². The largest absolute Gasteiger partial charge is 0.396 e. The smallest absolute Gasteiger partial charge is 0.0918 e. The monoisotopic (exact) mass is 229 g/mol. The van der Waals surface area contributed by atoms with Crippen molar-refractivity contribution in [1.29, 1.82) is 0 Å². The van der Waals surface area contributed by atoms with Gasteiger partial charge in [-0.15, -0.1) is 0 Å². The molecular formula is C14H19N3. The van der Waals surface area contributed by atoms with Crippen molar-refractivity contribution in [2.24, 2.45) is 0 Å². The highest BCUT2D eigenvalue weighted by atomic mass is 15.3. The molecule has 0 saturated carbocycles. The van der Waals surface area contributed by atoms with E-state index in [0.717, 1.165) is 16.9 Å². The van der Waals surface area contributed by atoms with Crippen LogP contribution in [0.4, 0.5) is 5.69 Å². The van der Waals surface area contributed by atoms with Crippen LogP contribution >= 0.6 is 0 Å². The molecule has 0 atom stereocenters. The minimum Gasteiger partial charge on any atom is -0.396 e. The van der Waals surface area contributed by atoms with Crippen LogP contribution in [0.25, 0.3) is 11.3 Å². The molecule has 2 rings (SSSR count). The molecule has 0 aliphatic heterocycles. The Bertz CT molecular complexity index is 533. The van der Waals surface area contributed by atoms with Crippen LogP contribution in [0, 0.1) is 6.92 Å². The molecule has 3 nitrogen and oxygen atoms in total. The summed E-state index contributed by atoms with van der Waals surface area (Å²) in [6, 6.07) is 8.33. The Hall–Kier alpha value is -1.77. The molecule has 0 saturated heterocycles. The number of nitrogens with two attached hydrogens (primary N) is 1. The fourth-order valence-electron chi connectivity index (χ4n) is 1.95. The summed E-state index contributed by atoms with van der Waals surface area (Å²) in [5, 5.41) is 4.38. The zero-order valence-corrected chi connectivity index (χ0v) is 10.9. The first-order valence-corrected chi connectivity index (χ1v) is 5.80. The predicted molar refractivity (Wildman–Crippen MR) is 71.8 cm³/mol. The Morgan fingerprint density at radius 1 is 1.24 bits per heavy atom. The SMILES string of the molecule is Cc1cccc(-c2c(N)cnn2C(C)(C)C)c1. The summed E-state index contributed by atoms with van der Waals surface area (Å²) in [5.41, 5.74) is 10.0. The van der Waals surface area contributed by atoms with Crippen molar-refractivity contribution in [2.75, 3.05) is 5.73 Å². The molecule has 0 unspecified atom stereocenters. The molecule has 0 aliphatic carbocycles. The Morgan fingerprint density at radius 2 is 1.94 bits per heavy atom. The summed E-state index contributed by atoms with van der Waals surface area (Å²) >= 11 is 0. The van der Waals surface area contributed by atoms with Gasteiger partial charge in [0, 0.05) is 5.56 Å². The third kappa shape index (κ3) is 2.18. The van der Waals surface area contributed by atoms with E-state index in [1.807, 2.05) is 10.7 Å². The lowest BCUT2D eigenvalue weighted by atomic mass is 10.0. The Morgan fingerprint density at radius 3 is 2.53 bits per heavy atom. The van der Waals surface area contributed by atoms with Gasteiger partial charge in [0.05, 0.1) is 23.1 Å². The Balaban J connectivity index is 2.63. The van der Waals surface area contributed by atoms with Gasteiger partial charge >= 0.3 is 0 Å². The first-order valence-electron chi connectivity index (χ1n) is 5.80. The van der Waals surface area contributed by atoms with Gasteiger partial charge in [0.15, 0.2) is 0 Å². The molecule has 1 aromatic carbocycles. The summed E-state index contributed by atoms with van der Waals surface area (Å²) in [5.74, 6) is 0. The van der Waals surface area contributed by atoms with E-state index in [9.17, 15) is 0 Å². The zero-order valence-electron chi connectivity index (χ0n) is 10.9. The van der Waals surface area contributed by atoms with Crippen molar-refractivity contribution in [3.05, 3.63) is 36.0 Å². The van der Waals surface area contributed by atoms with E-state index in [1.54, 1.807) is 6.20 Å². The summed E-state index contributed by atoms with van der Waals surface area (Å²) < 4.78 is 1.98. The van der Waals surface area contributed by atoms with Crippen LogP contribution in [-0.4, -0.2) is 9.78 Å². The third-order valence-electron chi connectivity index (χ3n) is 2.72. The third-order valence-corrected chi connectivity index (χ3v) is 2.72. The van der Waals surface area contributed by atoms with Crippen LogP contribution in [-0.2, 0) is 5.54 Å². The van der Waals surface area contributed by atoms with Gasteiger partial charge in [-0.1, -0.05) is 23.8 Å². The number of nitrogens with zero attached hydrogens (tertiary/aromatic N) is 2. The van der Waals surface area contributed by atoms with Gasteiger partial charge < -0.3 is 5.73 Å². The van der Waals surface area contributed by atoms with E-state index in [-0.39, 0.29) is 5.54 Å². The molecular weight excluding hydrogens is 210 g/mol. The van der Waals surface area contributed by atoms with Crippen LogP contribution in [0.5, 0.6) is 0 Å². The van der Waals surface area contributed by atoms with Crippen LogP contribution < -0.4 is 5.73 Å². The van der Waals surface area contributed by atoms with Crippen LogP contribution in [0.3, 0.4) is 0 Å². The molecule has 2 aromatic rings. The van der Waals surface area contributed by atoms with Gasteiger partial charge in [-0.3, -0.25) is 4.68 Å². The van der Waals surface area contributed by atoms with Crippen molar-refractivity contribution in [2.45, 2.75) is 33.2 Å². The number of benzene rings is 1. The maximum atomic E-state index is 6.04. The molecule has 1 heterocycles. The Labute approximate surface area is 102 Å². The molecule has 0 bridgehead atoms. The number of hydrogen-bond acceptors (Lipinski definition) is 2. The highest BCUT2D eigenvalue weighted by Crippen LogP contribution is 2.30. The number of nitrogen functional groups attached to an aromatic ring is 1. The van der Waals surface area contributed by atoms with Crippen molar-refractivity contribution < 1.29 is 0 Å². The first kappa shape index (κ1) is 11.7. The van der Waals surface area contributed by atoms with Crippen LogP contribution in [0.2, 0.25) is 0 Å². The number of aryl methyl sites for hydroxylation is 1. The van der Waals surface area contributed by atoms with Gasteiger partial charge in [-0.05, 0) is 33.8 Å². The second kappa shape index (κ2) is 3.91. The minimum atomic E-state index is -0.0727. The molecule has 17 heavy (non-hydrogen) atoms. The first-order chi connectivity index (χ1) is 7.89. The van der Waals surface area contributed by atoms with Crippen molar-refractivity contribution in [1.82, 2.24) is 9.78 Å². The topological polar surface area (TPSA) is 43.8 Å². The van der Waals surface area contributed by atoms with E-state index in [2.05, 4.69) is 51.0 Å². The molecule has 0 radical (unpaired) electrons. The van der Waals surface area contributed by atoms with Gasteiger partial charge in [-0.25, -0.2) is 0 Å². The van der Waals surface area contributed by atoms with Gasteiger partial charge in [0.1, 0.15) is 0 Å². The molecule has 3 heteroatoms. The van der Waals surface area contributed by atoms with E-state index in [4.69, 9.17) is 5.73 Å². The standard InChI is InChI=1S/C14H19N3/c1-10-6-5-7-11(8-10)13-12(15)9-16-17(13)14(2,3)4/h5-9H,15H2,1-4H3. The normalized spacial score (nSPS) is 11.8. The quantitative estimate of drug-likeness (QED) is 0.816. The average Bonchev–Trinajstić information content (AvgIpc) is 2.59. The second-order valence-electron chi connectivity index (χ2n) is 5.40. The molecule has 1 aromatic heterocycles. The predicted octanol–water partition coefficient (Wildman–Crippen LogP) is 3.20. The number of aromatic nitrogens is 2. The maximum absolute atomic E-state index is 6.04. The van der Waals surface area contributed by atoms with Crippen LogP contribution in [0.15, 0.2) is 30.5 Å². The van der Waals surface area contributed by atoms with E-state index in [1.165, 1.54) is 5.56 Å². The molecule has 0 amide bonds. The van der Waals surface area contributed by atoms with Crippen molar-refractivity contribution in [3.8, 4) is 11.3 Å². The number of rotatable bonds is 1. The van der Waals surface area contributed by atoms with Crippen molar-refractivity contribution in [3.63, 3.8) is 0 Å². The van der Waals surface area contributed by atoms with Crippen LogP contribution in [0.1, 0.15) is 26.3 Å². The summed E-state index contributed by atoms with van der Waals surface area (Å²) in [6.45, 7) is 8.45. The van der Waals surface area contributed by atoms with E-state index >= 15 is 0 Å². The molecule has 90 valence electrons. The Kier molecular flexibility index (Phi) is 2.69. The van der Waals surface area contributed by atoms with Gasteiger partial charge in [0.25, 0.3) is 0 Å². The van der Waals surface area contributed by atoms with Crippen molar-refractivity contribution >= 4 is 5.69 Å². The zero-order chi connectivity index (χ0) is 12.6. The number of hydrogen-bond donors (Lipinski definition) is 1. The molecule has 0 fully saturated rings. The highest BCUT2D eigenvalue weighted by molar-refractivity contribution is 5.73. The number of anilines is 1. The second-order valence-corrected chi connectivity index (χ2v) is 5.40. The fraction of sp³-hybridized carbons (Fsp3) is 0.357. The van der Waals surface area contributed by atoms with Gasteiger partial charge in [-0.2, -0.15) is 5.10 Å². The lowest BCUT2D eigenvalue weighted by Gasteiger charge is -2.22. The molecule has 0 aliphatic rings. The summed E-state index contributed by atoms with van der Waals surface area (Å²) in [7, 11) is 0. The van der Waals surface area contributed by atoms with Gasteiger partial charge in [0.2, 0.25) is 0 Å². The molecule has 2 N–H and O–H groups in total. The minimum absolute atomic E-state index is 0.0727. The maximum Gasteiger partial charge on any atom is 0.0918 e. The lowest BCUT2D eigenvalue weighted by Crippen LogP contribution is -2.24. The molecule has 0 spiro atoms. The average molecular weight is 229 g/mol. The summed E-state index contributed by atoms with van der Waals surface area (Å²) in [4.78, 5) is 0.